The van der Waals surface area contributed by atoms with E-state index in [0.29, 0.717) is 13.0 Å². The Morgan fingerprint density at radius 1 is 1.43 bits per heavy atom. The summed E-state index contributed by atoms with van der Waals surface area (Å²) < 4.78 is 4.73. The van der Waals surface area contributed by atoms with Gasteiger partial charge in [0.25, 0.3) is 0 Å². The van der Waals surface area contributed by atoms with Crippen molar-refractivity contribution in [3.8, 4) is 0 Å². The van der Waals surface area contributed by atoms with Crippen LogP contribution in [0.3, 0.4) is 0 Å². The van der Waals surface area contributed by atoms with Crippen LogP contribution in [0.25, 0.3) is 0 Å². The van der Waals surface area contributed by atoms with Gasteiger partial charge in [0.15, 0.2) is 0 Å². The molecule has 2 N–H and O–H groups in total. The first kappa shape index (κ1) is 12.9. The average molecular weight is 203 g/mol. The third kappa shape index (κ3) is 4.23. The molecule has 0 heterocycles. The van der Waals surface area contributed by atoms with Crippen LogP contribution in [0, 0.1) is 0 Å². The maximum absolute atomic E-state index is 11.1. The SMILES string of the molecule is CCOC(=O)C(C)NC(CC)C(=O)O. The zero-order valence-corrected chi connectivity index (χ0v) is 8.74. The van der Waals surface area contributed by atoms with Crippen molar-refractivity contribution in [3.05, 3.63) is 0 Å². The van der Waals surface area contributed by atoms with Crippen LogP contribution in [0.5, 0.6) is 0 Å². The molecule has 5 heteroatoms. The van der Waals surface area contributed by atoms with Gasteiger partial charge in [-0.2, -0.15) is 0 Å². The molecule has 0 aliphatic rings. The van der Waals surface area contributed by atoms with E-state index in [1.807, 2.05) is 0 Å². The molecule has 0 aromatic rings. The van der Waals surface area contributed by atoms with Gasteiger partial charge in [0, 0.05) is 0 Å². The van der Waals surface area contributed by atoms with Crippen molar-refractivity contribution in [2.24, 2.45) is 0 Å². The number of rotatable bonds is 6. The van der Waals surface area contributed by atoms with Crippen molar-refractivity contribution in [3.63, 3.8) is 0 Å². The molecule has 2 atom stereocenters. The monoisotopic (exact) mass is 203 g/mol. The highest BCUT2D eigenvalue weighted by Gasteiger charge is 2.21. The predicted molar refractivity (Wildman–Crippen MR) is 50.9 cm³/mol. The molecule has 0 saturated heterocycles. The summed E-state index contributed by atoms with van der Waals surface area (Å²) in [6.45, 7) is 5.33. The summed E-state index contributed by atoms with van der Waals surface area (Å²) in [4.78, 5) is 21.8. The van der Waals surface area contributed by atoms with Gasteiger partial charge in [-0.15, -0.1) is 0 Å². The first-order valence-electron chi connectivity index (χ1n) is 4.68. The molecule has 0 rings (SSSR count). The summed E-state index contributed by atoms with van der Waals surface area (Å²) in [5.41, 5.74) is 0. The first-order chi connectivity index (χ1) is 6.52. The molecule has 0 aromatic heterocycles. The number of nitrogens with one attached hydrogen (secondary N) is 1. The van der Waals surface area contributed by atoms with Crippen LogP contribution >= 0.6 is 0 Å². The number of carboxylic acid groups (broad SMARTS) is 1. The van der Waals surface area contributed by atoms with E-state index < -0.39 is 24.0 Å². The van der Waals surface area contributed by atoms with E-state index in [-0.39, 0.29) is 0 Å². The highest BCUT2D eigenvalue weighted by molar-refractivity contribution is 5.78. The summed E-state index contributed by atoms with van der Waals surface area (Å²) in [7, 11) is 0. The Kier molecular flexibility index (Phi) is 5.87. The highest BCUT2D eigenvalue weighted by Crippen LogP contribution is 1.96. The molecule has 82 valence electrons. The van der Waals surface area contributed by atoms with Gasteiger partial charge in [0.05, 0.1) is 6.61 Å². The molecule has 0 aliphatic heterocycles. The van der Waals surface area contributed by atoms with Crippen molar-refractivity contribution in [1.29, 1.82) is 0 Å². The first-order valence-corrected chi connectivity index (χ1v) is 4.68. The lowest BCUT2D eigenvalue weighted by molar-refractivity contribution is -0.146. The Bertz CT molecular complexity index is 205. The molecule has 0 spiro atoms. The number of ether oxygens (including phenoxy) is 1. The molecule has 0 bridgehead atoms. The fraction of sp³-hybridized carbons (Fsp3) is 0.778. The maximum atomic E-state index is 11.1. The lowest BCUT2D eigenvalue weighted by Crippen LogP contribution is -2.45. The average Bonchev–Trinajstić information content (AvgIpc) is 2.13. The standard InChI is InChI=1S/C9H17NO4/c1-4-7(8(11)12)10-6(3)9(13)14-5-2/h6-7,10H,4-5H2,1-3H3,(H,11,12). The van der Waals surface area contributed by atoms with E-state index in [4.69, 9.17) is 9.84 Å². The second-order valence-electron chi connectivity index (χ2n) is 2.94. The Labute approximate surface area is 83.4 Å². The number of carbonyl (C=O) groups is 2. The van der Waals surface area contributed by atoms with Gasteiger partial charge in [-0.1, -0.05) is 6.92 Å². The smallest absolute Gasteiger partial charge is 0.322 e. The van der Waals surface area contributed by atoms with Gasteiger partial charge in [0.1, 0.15) is 12.1 Å². The Morgan fingerprint density at radius 3 is 2.36 bits per heavy atom. The third-order valence-electron chi connectivity index (χ3n) is 1.80. The lowest BCUT2D eigenvalue weighted by atomic mass is 10.2. The second-order valence-corrected chi connectivity index (χ2v) is 2.94. The van der Waals surface area contributed by atoms with Crippen LogP contribution in [-0.2, 0) is 14.3 Å². The molecule has 2 unspecified atom stereocenters. The molecule has 0 aromatic carbocycles. The van der Waals surface area contributed by atoms with E-state index in [1.165, 1.54) is 0 Å². The normalized spacial score (nSPS) is 14.5. The molecule has 5 nitrogen and oxygen atoms in total. The number of hydrogen-bond acceptors (Lipinski definition) is 4. The van der Waals surface area contributed by atoms with Gasteiger partial charge in [-0.3, -0.25) is 14.9 Å². The lowest BCUT2D eigenvalue weighted by Gasteiger charge is -2.17. The second kappa shape index (κ2) is 6.37. The van der Waals surface area contributed by atoms with Crippen molar-refractivity contribution in [2.45, 2.75) is 39.3 Å². The van der Waals surface area contributed by atoms with Crippen LogP contribution < -0.4 is 5.32 Å². The Hall–Kier alpha value is -1.10. The molecular formula is C9H17NO4. The molecule has 14 heavy (non-hydrogen) atoms. The Balaban J connectivity index is 4.08. The van der Waals surface area contributed by atoms with E-state index in [0.717, 1.165) is 0 Å². The third-order valence-corrected chi connectivity index (χ3v) is 1.80. The minimum atomic E-state index is -0.955. The van der Waals surface area contributed by atoms with Gasteiger partial charge >= 0.3 is 11.9 Å². The van der Waals surface area contributed by atoms with Crippen molar-refractivity contribution in [1.82, 2.24) is 5.32 Å². The van der Waals surface area contributed by atoms with Crippen LogP contribution in [0.2, 0.25) is 0 Å². The summed E-state index contributed by atoms with van der Waals surface area (Å²) in [6.07, 6.45) is 0.430. The van der Waals surface area contributed by atoms with E-state index in [2.05, 4.69) is 5.32 Å². The predicted octanol–water partition coefficient (Wildman–Crippen LogP) is 0.391. The summed E-state index contributed by atoms with van der Waals surface area (Å²) in [5.74, 6) is -1.38. The van der Waals surface area contributed by atoms with Crippen LogP contribution in [-0.4, -0.2) is 35.7 Å². The molecular weight excluding hydrogens is 186 g/mol. The number of aliphatic carboxylic acids is 1. The van der Waals surface area contributed by atoms with Crippen LogP contribution in [0.15, 0.2) is 0 Å². The number of carbonyl (C=O) groups excluding carboxylic acids is 1. The maximum Gasteiger partial charge on any atom is 0.322 e. The Morgan fingerprint density at radius 2 is 2.00 bits per heavy atom. The minimum Gasteiger partial charge on any atom is -0.480 e. The van der Waals surface area contributed by atoms with Gasteiger partial charge in [-0.05, 0) is 20.3 Å². The van der Waals surface area contributed by atoms with E-state index in [1.54, 1.807) is 20.8 Å². The van der Waals surface area contributed by atoms with Crippen LogP contribution in [0.1, 0.15) is 27.2 Å². The molecule has 0 fully saturated rings. The number of esters is 1. The summed E-state index contributed by atoms with van der Waals surface area (Å²) in [5, 5.41) is 11.4. The highest BCUT2D eigenvalue weighted by atomic mass is 16.5. The van der Waals surface area contributed by atoms with Crippen molar-refractivity contribution < 1.29 is 19.4 Å². The minimum absolute atomic E-state index is 0.300. The topological polar surface area (TPSA) is 75.6 Å². The van der Waals surface area contributed by atoms with Gasteiger partial charge in [-0.25, -0.2) is 0 Å². The largest absolute Gasteiger partial charge is 0.480 e. The zero-order chi connectivity index (χ0) is 11.1. The quantitative estimate of drug-likeness (QED) is 0.611. The molecule has 0 radical (unpaired) electrons. The summed E-state index contributed by atoms with van der Waals surface area (Å²) >= 11 is 0. The number of hydrogen-bond donors (Lipinski definition) is 2. The number of carboxylic acids is 1. The van der Waals surface area contributed by atoms with Crippen molar-refractivity contribution in [2.75, 3.05) is 6.61 Å². The molecule has 0 saturated carbocycles. The van der Waals surface area contributed by atoms with E-state index in [9.17, 15) is 9.59 Å². The fourth-order valence-corrected chi connectivity index (χ4v) is 1.00. The van der Waals surface area contributed by atoms with E-state index >= 15 is 0 Å². The van der Waals surface area contributed by atoms with Gasteiger partial charge < -0.3 is 9.84 Å². The van der Waals surface area contributed by atoms with Crippen molar-refractivity contribution >= 4 is 11.9 Å². The molecule has 0 aliphatic carbocycles. The zero-order valence-electron chi connectivity index (χ0n) is 8.74. The van der Waals surface area contributed by atoms with Gasteiger partial charge in [0.2, 0.25) is 0 Å². The fourth-order valence-electron chi connectivity index (χ4n) is 1.00. The molecule has 0 amide bonds. The van der Waals surface area contributed by atoms with Crippen LogP contribution in [0.4, 0.5) is 0 Å². The summed E-state index contributed by atoms with van der Waals surface area (Å²) in [6, 6.07) is -1.29.